The van der Waals surface area contributed by atoms with Crippen LogP contribution in [0.3, 0.4) is 0 Å². The van der Waals surface area contributed by atoms with Gasteiger partial charge in [-0.3, -0.25) is 4.79 Å². The largest absolute Gasteiger partial charge is 0.359 e. The lowest BCUT2D eigenvalue weighted by Crippen LogP contribution is -2.49. The van der Waals surface area contributed by atoms with Gasteiger partial charge < -0.3 is 9.64 Å². The second-order valence-corrected chi connectivity index (χ2v) is 5.00. The maximum atomic E-state index is 11.9. The van der Waals surface area contributed by atoms with Crippen LogP contribution in [0.4, 0.5) is 0 Å². The lowest BCUT2D eigenvalue weighted by molar-refractivity contribution is -0.159. The van der Waals surface area contributed by atoms with Gasteiger partial charge in [-0.1, -0.05) is 12.8 Å². The van der Waals surface area contributed by atoms with E-state index in [1.165, 1.54) is 25.7 Å². The van der Waals surface area contributed by atoms with Gasteiger partial charge in [0.2, 0.25) is 5.91 Å². The van der Waals surface area contributed by atoms with E-state index in [1.54, 1.807) is 4.90 Å². The lowest BCUT2D eigenvalue weighted by atomic mass is 9.76. The molecule has 1 aliphatic carbocycles. The fourth-order valence-corrected chi connectivity index (χ4v) is 3.05. The molecular formula is C12H21NO2. The minimum atomic E-state index is 0.0225. The van der Waals surface area contributed by atoms with Gasteiger partial charge in [0.1, 0.15) is 6.23 Å². The molecule has 1 heterocycles. The molecule has 1 spiro atoms. The molecule has 2 aliphatic rings. The fraction of sp³-hybridized carbons (Fsp3) is 0.917. The Morgan fingerprint density at radius 3 is 2.73 bits per heavy atom. The van der Waals surface area contributed by atoms with Crippen LogP contribution in [0.15, 0.2) is 0 Å². The Balaban J connectivity index is 2.09. The van der Waals surface area contributed by atoms with Gasteiger partial charge in [0.05, 0.1) is 0 Å². The molecule has 15 heavy (non-hydrogen) atoms. The molecular weight excluding hydrogens is 190 g/mol. The van der Waals surface area contributed by atoms with Crippen molar-refractivity contribution in [2.75, 3.05) is 13.7 Å². The first kappa shape index (κ1) is 10.9. The number of hydrogen-bond acceptors (Lipinski definition) is 2. The molecule has 0 N–H and O–H groups in total. The van der Waals surface area contributed by atoms with Crippen LogP contribution in [-0.2, 0) is 9.53 Å². The van der Waals surface area contributed by atoms with E-state index in [4.69, 9.17) is 4.74 Å². The third kappa shape index (κ3) is 2.03. The zero-order chi connectivity index (χ0) is 10.9. The molecule has 0 aromatic heterocycles. The molecule has 1 saturated carbocycles. The molecule has 1 saturated heterocycles. The molecule has 1 aliphatic heterocycles. The lowest BCUT2D eigenvalue weighted by Gasteiger charge is -2.42. The van der Waals surface area contributed by atoms with E-state index in [9.17, 15) is 4.79 Å². The topological polar surface area (TPSA) is 29.5 Å². The van der Waals surface area contributed by atoms with E-state index in [2.05, 4.69) is 0 Å². The molecule has 2 fully saturated rings. The zero-order valence-electron chi connectivity index (χ0n) is 9.79. The minimum Gasteiger partial charge on any atom is -0.359 e. The first-order valence-electron chi connectivity index (χ1n) is 6.04. The molecule has 1 unspecified atom stereocenters. The standard InChI is InChI=1S/C12H21NO2/c1-3-15-11-9-12(6-4-5-7-12)8-10(14)13(11)2/h11H,3-9H2,1-2H3. The number of ether oxygens (including phenoxy) is 1. The third-order valence-corrected chi connectivity index (χ3v) is 3.98. The molecule has 0 bridgehead atoms. The van der Waals surface area contributed by atoms with E-state index < -0.39 is 0 Å². The number of nitrogens with zero attached hydrogens (tertiary/aromatic N) is 1. The minimum absolute atomic E-state index is 0.0225. The first-order chi connectivity index (χ1) is 7.17. The van der Waals surface area contributed by atoms with Gasteiger partial charge in [0, 0.05) is 20.1 Å². The van der Waals surface area contributed by atoms with Crippen molar-refractivity contribution in [3.63, 3.8) is 0 Å². The smallest absolute Gasteiger partial charge is 0.224 e. The summed E-state index contributed by atoms with van der Waals surface area (Å²) < 4.78 is 5.66. The Bertz CT molecular complexity index is 246. The predicted octanol–water partition coefficient (Wildman–Crippen LogP) is 2.16. The van der Waals surface area contributed by atoms with E-state index in [-0.39, 0.29) is 17.6 Å². The normalized spacial score (nSPS) is 30.1. The molecule has 0 aromatic carbocycles. The summed E-state index contributed by atoms with van der Waals surface area (Å²) in [4.78, 5) is 13.7. The summed E-state index contributed by atoms with van der Waals surface area (Å²) >= 11 is 0. The average molecular weight is 211 g/mol. The summed E-state index contributed by atoms with van der Waals surface area (Å²) in [5, 5.41) is 0. The fourth-order valence-electron chi connectivity index (χ4n) is 3.05. The van der Waals surface area contributed by atoms with Crippen molar-refractivity contribution in [2.24, 2.45) is 5.41 Å². The summed E-state index contributed by atoms with van der Waals surface area (Å²) in [5.74, 6) is 0.265. The zero-order valence-corrected chi connectivity index (χ0v) is 9.79. The van der Waals surface area contributed by atoms with Gasteiger partial charge >= 0.3 is 0 Å². The first-order valence-corrected chi connectivity index (χ1v) is 6.04. The SMILES string of the molecule is CCOC1CC2(CCCC2)CC(=O)N1C. The number of likely N-dealkylation sites (tertiary alicyclic amines) is 1. The van der Waals surface area contributed by atoms with Crippen LogP contribution in [0.5, 0.6) is 0 Å². The van der Waals surface area contributed by atoms with Gasteiger partial charge in [-0.15, -0.1) is 0 Å². The highest BCUT2D eigenvalue weighted by Crippen LogP contribution is 2.48. The molecule has 86 valence electrons. The van der Waals surface area contributed by atoms with E-state index >= 15 is 0 Å². The number of rotatable bonds is 2. The van der Waals surface area contributed by atoms with Crippen LogP contribution < -0.4 is 0 Å². The van der Waals surface area contributed by atoms with Crippen molar-refractivity contribution >= 4 is 5.91 Å². The van der Waals surface area contributed by atoms with Gasteiger partial charge in [0.15, 0.2) is 0 Å². The number of carbonyl (C=O) groups is 1. The number of carbonyl (C=O) groups excluding carboxylic acids is 1. The Morgan fingerprint density at radius 2 is 2.13 bits per heavy atom. The van der Waals surface area contributed by atoms with Gasteiger partial charge in [-0.05, 0) is 31.6 Å². The summed E-state index contributed by atoms with van der Waals surface area (Å²) in [7, 11) is 1.87. The summed E-state index contributed by atoms with van der Waals surface area (Å²) in [5.41, 5.74) is 0.281. The molecule has 0 radical (unpaired) electrons. The highest BCUT2D eigenvalue weighted by molar-refractivity contribution is 5.77. The average Bonchev–Trinajstić information content (AvgIpc) is 2.63. The Hall–Kier alpha value is -0.570. The summed E-state index contributed by atoms with van der Waals surface area (Å²) in [6.07, 6.45) is 6.82. The third-order valence-electron chi connectivity index (χ3n) is 3.98. The second kappa shape index (κ2) is 4.12. The van der Waals surface area contributed by atoms with Crippen LogP contribution >= 0.6 is 0 Å². The number of hydrogen-bond donors (Lipinski definition) is 0. The van der Waals surface area contributed by atoms with E-state index in [0.29, 0.717) is 6.61 Å². The van der Waals surface area contributed by atoms with Gasteiger partial charge in [-0.25, -0.2) is 0 Å². The van der Waals surface area contributed by atoms with Crippen molar-refractivity contribution in [3.05, 3.63) is 0 Å². The molecule has 2 rings (SSSR count). The van der Waals surface area contributed by atoms with Gasteiger partial charge in [-0.2, -0.15) is 0 Å². The Morgan fingerprint density at radius 1 is 1.47 bits per heavy atom. The Labute approximate surface area is 91.8 Å². The molecule has 1 atom stereocenters. The molecule has 3 heteroatoms. The second-order valence-electron chi connectivity index (χ2n) is 5.00. The van der Waals surface area contributed by atoms with Crippen LogP contribution in [0, 0.1) is 5.41 Å². The molecule has 0 aromatic rings. The highest BCUT2D eigenvalue weighted by atomic mass is 16.5. The Kier molecular flexibility index (Phi) is 3.01. The maximum absolute atomic E-state index is 11.9. The maximum Gasteiger partial charge on any atom is 0.224 e. The van der Waals surface area contributed by atoms with Crippen molar-refractivity contribution < 1.29 is 9.53 Å². The van der Waals surface area contributed by atoms with E-state index in [1.807, 2.05) is 14.0 Å². The van der Waals surface area contributed by atoms with Gasteiger partial charge in [0.25, 0.3) is 0 Å². The van der Waals surface area contributed by atoms with Crippen LogP contribution in [-0.4, -0.2) is 30.7 Å². The number of amides is 1. The predicted molar refractivity (Wildman–Crippen MR) is 58.3 cm³/mol. The molecule has 3 nitrogen and oxygen atoms in total. The van der Waals surface area contributed by atoms with E-state index in [0.717, 1.165) is 12.8 Å². The van der Waals surface area contributed by atoms with Crippen LogP contribution in [0.2, 0.25) is 0 Å². The van der Waals surface area contributed by atoms with Crippen molar-refractivity contribution in [1.82, 2.24) is 4.90 Å². The monoisotopic (exact) mass is 211 g/mol. The quantitative estimate of drug-likeness (QED) is 0.700. The summed E-state index contributed by atoms with van der Waals surface area (Å²) in [6.45, 7) is 2.69. The van der Waals surface area contributed by atoms with Crippen molar-refractivity contribution in [3.8, 4) is 0 Å². The highest BCUT2D eigenvalue weighted by Gasteiger charge is 2.44. The molecule has 1 amide bonds. The van der Waals surface area contributed by atoms with Crippen LogP contribution in [0.25, 0.3) is 0 Å². The van der Waals surface area contributed by atoms with Crippen molar-refractivity contribution in [2.45, 2.75) is 51.7 Å². The van der Waals surface area contributed by atoms with Crippen LogP contribution in [0.1, 0.15) is 45.4 Å². The summed E-state index contributed by atoms with van der Waals surface area (Å²) in [6, 6.07) is 0. The number of piperidine rings is 1. The van der Waals surface area contributed by atoms with Crippen molar-refractivity contribution in [1.29, 1.82) is 0 Å².